The fraction of sp³-hybridized carbons (Fsp3) is 0.250. The largest absolute Gasteiger partial charge is 0.290 e. The number of para-hydroxylation sites is 1. The molecular formula is C16H18N+. The van der Waals surface area contributed by atoms with Gasteiger partial charge in [-0.15, -0.1) is 0 Å². The first-order valence-electron chi connectivity index (χ1n) is 6.25. The van der Waals surface area contributed by atoms with Crippen molar-refractivity contribution in [1.29, 1.82) is 0 Å². The molecule has 1 nitrogen and oxygen atoms in total. The molecule has 0 saturated heterocycles. The summed E-state index contributed by atoms with van der Waals surface area (Å²) in [5.41, 5.74) is 4.45. The van der Waals surface area contributed by atoms with Crippen LogP contribution in [-0.2, 0) is 13.0 Å². The summed E-state index contributed by atoms with van der Waals surface area (Å²) < 4.78 is 1.03. The molecule has 0 bridgehead atoms. The summed E-state index contributed by atoms with van der Waals surface area (Å²) in [7, 11) is 2.34. The van der Waals surface area contributed by atoms with E-state index in [-0.39, 0.29) is 0 Å². The van der Waals surface area contributed by atoms with Crippen molar-refractivity contribution in [2.45, 2.75) is 13.0 Å². The topological polar surface area (TPSA) is 0 Å². The first-order valence-corrected chi connectivity index (χ1v) is 6.25. The second-order valence-corrected chi connectivity index (χ2v) is 5.13. The van der Waals surface area contributed by atoms with Crippen LogP contribution in [0, 0.1) is 0 Å². The molecule has 0 spiro atoms. The van der Waals surface area contributed by atoms with Crippen LogP contribution in [0.2, 0.25) is 0 Å². The summed E-state index contributed by atoms with van der Waals surface area (Å²) in [4.78, 5) is 0. The summed E-state index contributed by atoms with van der Waals surface area (Å²) in [5.74, 6) is 0. The van der Waals surface area contributed by atoms with Gasteiger partial charge in [0.25, 0.3) is 0 Å². The fourth-order valence-corrected chi connectivity index (χ4v) is 2.79. The van der Waals surface area contributed by atoms with Gasteiger partial charge in [-0.3, -0.25) is 4.48 Å². The molecule has 1 aliphatic heterocycles. The van der Waals surface area contributed by atoms with Crippen molar-refractivity contribution in [2.24, 2.45) is 0 Å². The molecule has 0 saturated carbocycles. The molecule has 17 heavy (non-hydrogen) atoms. The van der Waals surface area contributed by atoms with Crippen LogP contribution in [0.3, 0.4) is 0 Å². The molecule has 2 aromatic carbocycles. The van der Waals surface area contributed by atoms with Gasteiger partial charge in [0.2, 0.25) is 0 Å². The highest BCUT2D eigenvalue weighted by molar-refractivity contribution is 5.45. The molecule has 1 atom stereocenters. The average molecular weight is 224 g/mol. The van der Waals surface area contributed by atoms with Gasteiger partial charge in [-0.1, -0.05) is 42.5 Å². The molecule has 1 heterocycles. The molecule has 1 unspecified atom stereocenters. The zero-order chi connectivity index (χ0) is 11.7. The molecule has 0 aromatic heterocycles. The summed E-state index contributed by atoms with van der Waals surface area (Å²) >= 11 is 0. The van der Waals surface area contributed by atoms with Crippen molar-refractivity contribution in [1.82, 2.24) is 4.48 Å². The lowest BCUT2D eigenvalue weighted by atomic mass is 9.97. The number of fused-ring (bicyclic) bond motifs is 1. The van der Waals surface area contributed by atoms with E-state index < -0.39 is 0 Å². The standard InChI is InChI=1S/C16H18N/c1-17(16-9-3-2-4-10-16)12-11-14-7-5-6-8-15(14)13-17/h2-10H,11-13H2,1H3/q+1. The number of hydrogen-bond donors (Lipinski definition) is 0. The van der Waals surface area contributed by atoms with E-state index >= 15 is 0 Å². The van der Waals surface area contributed by atoms with Gasteiger partial charge in [-0.05, 0) is 17.7 Å². The zero-order valence-electron chi connectivity index (χ0n) is 10.3. The Hall–Kier alpha value is -1.60. The van der Waals surface area contributed by atoms with Gasteiger partial charge in [0, 0.05) is 12.0 Å². The van der Waals surface area contributed by atoms with Gasteiger partial charge < -0.3 is 0 Å². The van der Waals surface area contributed by atoms with Crippen molar-refractivity contribution in [3.05, 3.63) is 65.7 Å². The Morgan fingerprint density at radius 3 is 2.24 bits per heavy atom. The van der Waals surface area contributed by atoms with Crippen LogP contribution in [0.15, 0.2) is 54.6 Å². The molecule has 0 N–H and O–H groups in total. The molecule has 1 heteroatoms. The van der Waals surface area contributed by atoms with Crippen LogP contribution in [-0.4, -0.2) is 13.6 Å². The lowest BCUT2D eigenvalue weighted by Gasteiger charge is -2.38. The number of hydrogen-bond acceptors (Lipinski definition) is 0. The Morgan fingerprint density at radius 1 is 0.824 bits per heavy atom. The van der Waals surface area contributed by atoms with Crippen LogP contribution < -0.4 is 4.48 Å². The highest BCUT2D eigenvalue weighted by Gasteiger charge is 2.30. The first kappa shape index (κ1) is 10.5. The maximum absolute atomic E-state index is 2.34. The average Bonchev–Trinajstić information content (AvgIpc) is 2.40. The van der Waals surface area contributed by atoms with E-state index in [1.165, 1.54) is 29.8 Å². The highest BCUT2D eigenvalue weighted by Crippen LogP contribution is 2.29. The Bertz CT molecular complexity index is 518. The summed E-state index contributed by atoms with van der Waals surface area (Å²) in [5, 5.41) is 0. The first-order chi connectivity index (χ1) is 8.28. The molecule has 2 aromatic rings. The van der Waals surface area contributed by atoms with Crippen LogP contribution in [0.4, 0.5) is 5.69 Å². The SMILES string of the molecule is C[N+]1(c2ccccc2)CCc2ccccc2C1. The normalized spacial score (nSPS) is 23.1. The third-order valence-corrected chi connectivity index (χ3v) is 3.89. The van der Waals surface area contributed by atoms with E-state index in [0.717, 1.165) is 11.0 Å². The predicted molar refractivity (Wildman–Crippen MR) is 72.9 cm³/mol. The fourth-order valence-electron chi connectivity index (χ4n) is 2.79. The third-order valence-electron chi connectivity index (χ3n) is 3.89. The molecular weight excluding hydrogens is 206 g/mol. The Kier molecular flexibility index (Phi) is 2.49. The van der Waals surface area contributed by atoms with Crippen molar-refractivity contribution >= 4 is 5.69 Å². The van der Waals surface area contributed by atoms with E-state index in [1.54, 1.807) is 0 Å². The number of nitrogens with zero attached hydrogens (tertiary/aromatic N) is 1. The van der Waals surface area contributed by atoms with Crippen molar-refractivity contribution in [3.63, 3.8) is 0 Å². The Balaban J connectivity index is 1.98. The second kappa shape index (κ2) is 4.01. The molecule has 0 fully saturated rings. The minimum atomic E-state index is 1.03. The van der Waals surface area contributed by atoms with Gasteiger partial charge in [0.15, 0.2) is 0 Å². The molecule has 1 aliphatic rings. The predicted octanol–water partition coefficient (Wildman–Crippen LogP) is 3.38. The van der Waals surface area contributed by atoms with Crippen molar-refractivity contribution in [3.8, 4) is 0 Å². The maximum Gasteiger partial charge on any atom is 0.132 e. The second-order valence-electron chi connectivity index (χ2n) is 5.13. The quantitative estimate of drug-likeness (QED) is 0.651. The molecule has 0 radical (unpaired) electrons. The van der Waals surface area contributed by atoms with E-state index in [0.29, 0.717) is 0 Å². The van der Waals surface area contributed by atoms with Crippen molar-refractivity contribution in [2.75, 3.05) is 13.6 Å². The van der Waals surface area contributed by atoms with Gasteiger partial charge in [-0.2, -0.15) is 0 Å². The minimum absolute atomic E-state index is 1.03. The van der Waals surface area contributed by atoms with Gasteiger partial charge in [0.05, 0.1) is 13.6 Å². The van der Waals surface area contributed by atoms with E-state index in [2.05, 4.69) is 61.6 Å². The van der Waals surface area contributed by atoms with E-state index in [1.807, 2.05) is 0 Å². The highest BCUT2D eigenvalue weighted by atomic mass is 15.3. The van der Waals surface area contributed by atoms with Gasteiger partial charge in [-0.25, -0.2) is 0 Å². The number of rotatable bonds is 1. The van der Waals surface area contributed by atoms with Crippen LogP contribution >= 0.6 is 0 Å². The smallest absolute Gasteiger partial charge is 0.132 e. The van der Waals surface area contributed by atoms with Crippen LogP contribution in [0.1, 0.15) is 11.1 Å². The molecule has 0 aliphatic carbocycles. The molecule has 3 rings (SSSR count). The zero-order valence-corrected chi connectivity index (χ0v) is 10.3. The Morgan fingerprint density at radius 2 is 1.47 bits per heavy atom. The summed E-state index contributed by atoms with van der Waals surface area (Å²) in [6, 6.07) is 19.7. The van der Waals surface area contributed by atoms with Gasteiger partial charge >= 0.3 is 0 Å². The van der Waals surface area contributed by atoms with E-state index in [9.17, 15) is 0 Å². The lowest BCUT2D eigenvalue weighted by molar-refractivity contribution is 0.308. The summed E-state index contributed by atoms with van der Waals surface area (Å²) in [6.45, 7) is 2.31. The van der Waals surface area contributed by atoms with Crippen LogP contribution in [0.25, 0.3) is 0 Å². The van der Waals surface area contributed by atoms with Crippen LogP contribution in [0.5, 0.6) is 0 Å². The molecule has 86 valence electrons. The monoisotopic (exact) mass is 224 g/mol. The lowest BCUT2D eigenvalue weighted by Crippen LogP contribution is -2.48. The minimum Gasteiger partial charge on any atom is -0.290 e. The van der Waals surface area contributed by atoms with Crippen molar-refractivity contribution < 1.29 is 0 Å². The Labute approximate surface area is 103 Å². The van der Waals surface area contributed by atoms with E-state index in [4.69, 9.17) is 0 Å². The third kappa shape index (κ3) is 1.87. The number of benzene rings is 2. The summed E-state index contributed by atoms with van der Waals surface area (Å²) in [6.07, 6.45) is 1.18. The number of likely N-dealkylation sites (N-methyl/N-ethyl adjacent to an activating group) is 1. The maximum atomic E-state index is 2.34. The molecule has 0 amide bonds. The number of quaternary nitrogens is 1. The van der Waals surface area contributed by atoms with Gasteiger partial charge in [0.1, 0.15) is 12.2 Å².